The van der Waals surface area contributed by atoms with Crippen LogP contribution in [-0.4, -0.2) is 24.5 Å². The maximum Gasteiger partial charge on any atom is 0.182 e. The molecule has 0 radical (unpaired) electrons. The first-order valence-electron chi connectivity index (χ1n) is 16.6. The molecule has 1 unspecified atom stereocenters. The Morgan fingerprint density at radius 1 is 0.612 bits per heavy atom. The number of rotatable bonds is 4. The molecule has 4 aromatic heterocycles. The number of allylic oxidation sites excluding steroid dienone is 4. The normalized spacial score (nSPS) is 14.8. The van der Waals surface area contributed by atoms with Crippen LogP contribution in [0.3, 0.4) is 0 Å². The summed E-state index contributed by atoms with van der Waals surface area (Å²) in [6, 6.07) is 42.6. The van der Waals surface area contributed by atoms with Gasteiger partial charge in [0, 0.05) is 37.4 Å². The lowest BCUT2D eigenvalue weighted by atomic mass is 9.97. The van der Waals surface area contributed by atoms with Crippen molar-refractivity contribution in [2.75, 3.05) is 0 Å². The first-order valence-corrected chi connectivity index (χ1v) is 17.5. The summed E-state index contributed by atoms with van der Waals surface area (Å²) in [5.74, 6) is 3.08. The van der Waals surface area contributed by atoms with Crippen LogP contribution in [0.25, 0.3) is 87.0 Å². The lowest BCUT2D eigenvalue weighted by Crippen LogP contribution is -2.06. The molecule has 6 heteroatoms. The molecule has 0 bridgehead atoms. The smallest absolute Gasteiger partial charge is 0.182 e. The van der Waals surface area contributed by atoms with E-state index in [2.05, 4.69) is 145 Å². The molecule has 10 rings (SSSR count). The quantitative estimate of drug-likeness (QED) is 0.191. The average Bonchev–Trinajstić information content (AvgIpc) is 3.71. The highest BCUT2D eigenvalue weighted by atomic mass is 32.1. The molecule has 1 aliphatic rings. The SMILES string of the molecule is CC1C=C(c2nc(-c3cccc(-n4c5ccccc5c5ccc6c7ccccc7sc6c54)n3)nc(-c3cccc4ccccc34)n2)C=CC1. The van der Waals surface area contributed by atoms with Gasteiger partial charge in [-0.25, -0.2) is 19.9 Å². The minimum absolute atomic E-state index is 0.406. The van der Waals surface area contributed by atoms with E-state index in [1.54, 1.807) is 0 Å². The van der Waals surface area contributed by atoms with Crippen LogP contribution in [-0.2, 0) is 0 Å². The molecule has 0 fully saturated rings. The van der Waals surface area contributed by atoms with Crippen LogP contribution < -0.4 is 0 Å². The topological polar surface area (TPSA) is 56.5 Å². The first-order chi connectivity index (χ1) is 24.2. The molecule has 9 aromatic rings. The molecule has 49 heavy (non-hydrogen) atoms. The second kappa shape index (κ2) is 11.0. The third-order valence-corrected chi connectivity index (χ3v) is 10.8. The summed E-state index contributed by atoms with van der Waals surface area (Å²) >= 11 is 1.84. The van der Waals surface area contributed by atoms with Gasteiger partial charge in [-0.1, -0.05) is 122 Å². The highest BCUT2D eigenvalue weighted by Gasteiger charge is 2.20. The molecule has 1 aliphatic carbocycles. The number of fused-ring (bicyclic) bond motifs is 8. The van der Waals surface area contributed by atoms with Crippen LogP contribution in [0, 0.1) is 5.92 Å². The fourth-order valence-corrected chi connectivity index (χ4v) is 8.53. The van der Waals surface area contributed by atoms with Gasteiger partial charge in [0.25, 0.3) is 0 Å². The Kier molecular flexibility index (Phi) is 6.33. The van der Waals surface area contributed by atoms with E-state index in [0.717, 1.165) is 39.7 Å². The van der Waals surface area contributed by atoms with E-state index in [1.807, 2.05) is 17.4 Å². The van der Waals surface area contributed by atoms with Gasteiger partial charge in [0.05, 0.1) is 15.7 Å². The number of pyridine rings is 1. The molecule has 0 amide bonds. The van der Waals surface area contributed by atoms with Crippen molar-refractivity contribution in [2.24, 2.45) is 5.92 Å². The molecule has 232 valence electrons. The van der Waals surface area contributed by atoms with Crippen molar-refractivity contribution in [1.29, 1.82) is 0 Å². The Hall–Kier alpha value is -5.98. The second-order valence-corrected chi connectivity index (χ2v) is 13.8. The number of nitrogens with zero attached hydrogens (tertiary/aromatic N) is 5. The van der Waals surface area contributed by atoms with Crippen molar-refractivity contribution in [3.63, 3.8) is 0 Å². The van der Waals surface area contributed by atoms with E-state index in [4.69, 9.17) is 19.9 Å². The Morgan fingerprint density at radius 2 is 1.35 bits per heavy atom. The van der Waals surface area contributed by atoms with E-state index in [1.165, 1.54) is 36.5 Å². The summed E-state index contributed by atoms with van der Waals surface area (Å²) < 4.78 is 4.85. The van der Waals surface area contributed by atoms with Crippen LogP contribution in [0.1, 0.15) is 19.2 Å². The number of benzene rings is 5. The van der Waals surface area contributed by atoms with Crippen molar-refractivity contribution >= 4 is 69.7 Å². The van der Waals surface area contributed by atoms with Crippen molar-refractivity contribution in [3.05, 3.63) is 145 Å². The highest BCUT2D eigenvalue weighted by Crippen LogP contribution is 2.43. The molecule has 4 heterocycles. The minimum atomic E-state index is 0.406. The predicted molar refractivity (Wildman–Crippen MR) is 204 cm³/mol. The number of para-hydroxylation sites is 1. The maximum absolute atomic E-state index is 5.32. The summed E-state index contributed by atoms with van der Waals surface area (Å²) in [5.41, 5.74) is 4.97. The number of aromatic nitrogens is 5. The molecule has 0 spiro atoms. The molecule has 5 aromatic carbocycles. The van der Waals surface area contributed by atoms with E-state index >= 15 is 0 Å². The molecule has 1 atom stereocenters. The lowest BCUT2D eigenvalue weighted by Gasteiger charge is -2.14. The molecule has 5 nitrogen and oxygen atoms in total. The summed E-state index contributed by atoms with van der Waals surface area (Å²) in [4.78, 5) is 20.6. The molecule has 0 N–H and O–H groups in total. The van der Waals surface area contributed by atoms with Crippen LogP contribution >= 0.6 is 11.3 Å². The lowest BCUT2D eigenvalue weighted by molar-refractivity contribution is 0.738. The van der Waals surface area contributed by atoms with Crippen LogP contribution in [0.15, 0.2) is 140 Å². The maximum atomic E-state index is 5.32. The zero-order valence-corrected chi connectivity index (χ0v) is 27.5. The Labute approximate surface area is 286 Å². The largest absolute Gasteiger partial charge is 0.292 e. The molecular weight excluding hydrogens is 619 g/mol. The van der Waals surface area contributed by atoms with Crippen molar-refractivity contribution in [1.82, 2.24) is 24.5 Å². The van der Waals surface area contributed by atoms with Gasteiger partial charge in [-0.2, -0.15) is 0 Å². The number of hydrogen-bond donors (Lipinski definition) is 0. The van der Waals surface area contributed by atoms with Crippen molar-refractivity contribution < 1.29 is 0 Å². The van der Waals surface area contributed by atoms with Crippen LogP contribution in [0.2, 0.25) is 0 Å². The highest BCUT2D eigenvalue weighted by molar-refractivity contribution is 7.26. The predicted octanol–water partition coefficient (Wildman–Crippen LogP) is 11.2. The van der Waals surface area contributed by atoms with Gasteiger partial charge in [0.2, 0.25) is 0 Å². The monoisotopic (exact) mass is 647 g/mol. The van der Waals surface area contributed by atoms with Gasteiger partial charge in [-0.15, -0.1) is 11.3 Å². The van der Waals surface area contributed by atoms with Crippen molar-refractivity contribution in [2.45, 2.75) is 13.3 Å². The van der Waals surface area contributed by atoms with Crippen LogP contribution in [0.4, 0.5) is 0 Å². The van der Waals surface area contributed by atoms with Crippen LogP contribution in [0.5, 0.6) is 0 Å². The molecule has 0 aliphatic heterocycles. The van der Waals surface area contributed by atoms with Crippen molar-refractivity contribution in [3.8, 4) is 28.7 Å². The fraction of sp³-hybridized carbons (Fsp3) is 0.0698. The standard InChI is InChI=1S/C43H29N5S/c1-26-11-8-14-28(25-26)41-45-42(34-18-9-13-27-12-2-3-15-29(27)34)47-43(46-41)35-19-10-22-38(44-35)48-36-20-6-4-16-30(36)32-23-24-33-31-17-5-7-21-37(31)49-40(33)39(32)48/h2-10,12-26H,11H2,1H3. The summed E-state index contributed by atoms with van der Waals surface area (Å²) in [6.07, 6.45) is 7.60. The van der Waals surface area contributed by atoms with Gasteiger partial charge in [-0.05, 0) is 47.4 Å². The molecule has 0 saturated carbocycles. The summed E-state index contributed by atoms with van der Waals surface area (Å²) in [6.45, 7) is 2.22. The van der Waals surface area contributed by atoms with Gasteiger partial charge < -0.3 is 0 Å². The van der Waals surface area contributed by atoms with Gasteiger partial charge in [0.15, 0.2) is 17.5 Å². The van der Waals surface area contributed by atoms with Gasteiger partial charge in [0.1, 0.15) is 11.5 Å². The number of hydrogen-bond acceptors (Lipinski definition) is 5. The van der Waals surface area contributed by atoms with E-state index in [0.29, 0.717) is 29.1 Å². The zero-order valence-electron chi connectivity index (χ0n) is 26.7. The first kappa shape index (κ1) is 28.1. The molecular formula is C43H29N5S. The Balaban J connectivity index is 1.22. The van der Waals surface area contributed by atoms with Gasteiger partial charge >= 0.3 is 0 Å². The summed E-state index contributed by atoms with van der Waals surface area (Å²) in [5, 5.41) is 7.21. The Morgan fingerprint density at radius 3 is 2.27 bits per heavy atom. The Bertz CT molecular complexity index is 2830. The van der Waals surface area contributed by atoms with Gasteiger partial charge in [-0.3, -0.25) is 4.57 Å². The van der Waals surface area contributed by atoms with E-state index in [9.17, 15) is 0 Å². The second-order valence-electron chi connectivity index (χ2n) is 12.7. The van der Waals surface area contributed by atoms with E-state index in [-0.39, 0.29) is 0 Å². The fourth-order valence-electron chi connectivity index (χ4n) is 7.29. The molecule has 0 saturated heterocycles. The average molecular weight is 648 g/mol. The zero-order chi connectivity index (χ0) is 32.5. The number of thiophene rings is 1. The summed E-state index contributed by atoms with van der Waals surface area (Å²) in [7, 11) is 0. The third kappa shape index (κ3) is 4.52. The third-order valence-electron chi connectivity index (χ3n) is 9.57. The minimum Gasteiger partial charge on any atom is -0.292 e. The van der Waals surface area contributed by atoms with E-state index < -0.39 is 0 Å².